The molecule has 0 bridgehead atoms. The van der Waals surface area contributed by atoms with Crippen LogP contribution in [0.5, 0.6) is 0 Å². The van der Waals surface area contributed by atoms with Crippen LogP contribution in [-0.4, -0.2) is 59.5 Å². The monoisotopic (exact) mass is 289 g/mol. The van der Waals surface area contributed by atoms with Gasteiger partial charge in [0.25, 0.3) is 5.91 Å². The number of aliphatic hydroxyl groups is 1. The lowest BCUT2D eigenvalue weighted by Crippen LogP contribution is -2.36. The van der Waals surface area contributed by atoms with E-state index in [0.717, 1.165) is 5.56 Å². The van der Waals surface area contributed by atoms with Crippen LogP contribution < -0.4 is 0 Å². The molecule has 0 aliphatic heterocycles. The van der Waals surface area contributed by atoms with Crippen molar-refractivity contribution >= 4 is 5.91 Å². The molecule has 21 heavy (non-hydrogen) atoms. The predicted molar refractivity (Wildman–Crippen MR) is 78.9 cm³/mol. The van der Waals surface area contributed by atoms with Gasteiger partial charge in [0, 0.05) is 26.3 Å². The number of hydrogen-bond donors (Lipinski definition) is 2. The summed E-state index contributed by atoms with van der Waals surface area (Å²) < 4.78 is 4.86. The lowest BCUT2D eigenvalue weighted by Gasteiger charge is -2.20. The van der Waals surface area contributed by atoms with E-state index >= 15 is 0 Å². The van der Waals surface area contributed by atoms with Gasteiger partial charge in [0.05, 0.1) is 30.2 Å². The summed E-state index contributed by atoms with van der Waals surface area (Å²) in [5.41, 5.74) is 2.05. The molecule has 1 aromatic carbocycles. The Hall–Kier alpha value is -2.18. The van der Waals surface area contributed by atoms with E-state index in [4.69, 9.17) is 4.74 Å². The van der Waals surface area contributed by atoms with Crippen LogP contribution in [0.2, 0.25) is 0 Å². The highest BCUT2D eigenvalue weighted by Crippen LogP contribution is 2.21. The number of ether oxygens (including phenoxy) is 1. The van der Waals surface area contributed by atoms with Gasteiger partial charge in [0.15, 0.2) is 0 Å². The van der Waals surface area contributed by atoms with Crippen LogP contribution in [0.4, 0.5) is 0 Å². The van der Waals surface area contributed by atoms with E-state index in [-0.39, 0.29) is 19.1 Å². The van der Waals surface area contributed by atoms with Crippen LogP contribution in [0.1, 0.15) is 10.4 Å². The third-order valence-electron chi connectivity index (χ3n) is 3.12. The number of benzene rings is 1. The summed E-state index contributed by atoms with van der Waals surface area (Å²) in [6, 6.07) is 9.52. The molecule has 2 rings (SSSR count). The number of aromatic amines is 1. The summed E-state index contributed by atoms with van der Waals surface area (Å²) >= 11 is 0. The largest absolute Gasteiger partial charge is 0.389 e. The van der Waals surface area contributed by atoms with Gasteiger partial charge in [-0.15, -0.1) is 0 Å². The van der Waals surface area contributed by atoms with Crippen molar-refractivity contribution in [3.8, 4) is 11.3 Å². The smallest absolute Gasteiger partial charge is 0.257 e. The van der Waals surface area contributed by atoms with Gasteiger partial charge >= 0.3 is 0 Å². The molecule has 0 aliphatic carbocycles. The van der Waals surface area contributed by atoms with Gasteiger partial charge < -0.3 is 14.7 Å². The van der Waals surface area contributed by atoms with Crippen LogP contribution >= 0.6 is 0 Å². The van der Waals surface area contributed by atoms with Crippen molar-refractivity contribution in [2.45, 2.75) is 6.10 Å². The number of hydrogen-bond acceptors (Lipinski definition) is 4. The number of methoxy groups -OCH3 is 1. The minimum absolute atomic E-state index is 0.189. The molecular formula is C15H19N3O3. The number of nitrogens with zero attached hydrogens (tertiary/aromatic N) is 2. The lowest BCUT2D eigenvalue weighted by atomic mass is 10.1. The fraction of sp³-hybridized carbons (Fsp3) is 0.333. The molecule has 2 N–H and O–H groups in total. The Morgan fingerprint density at radius 3 is 2.81 bits per heavy atom. The van der Waals surface area contributed by atoms with Crippen molar-refractivity contribution in [1.82, 2.24) is 15.1 Å². The SMILES string of the molecule is COCC(O)CN(C)C(=O)c1cn[nH]c1-c1ccccc1. The summed E-state index contributed by atoms with van der Waals surface area (Å²) in [5, 5.41) is 16.5. The molecule has 0 radical (unpaired) electrons. The number of aromatic nitrogens is 2. The fourth-order valence-corrected chi connectivity index (χ4v) is 2.12. The topological polar surface area (TPSA) is 78.5 Å². The summed E-state index contributed by atoms with van der Waals surface area (Å²) in [7, 11) is 3.15. The van der Waals surface area contributed by atoms with Gasteiger partial charge in [-0.2, -0.15) is 5.10 Å². The normalized spacial score (nSPS) is 12.1. The van der Waals surface area contributed by atoms with E-state index in [1.165, 1.54) is 18.2 Å². The Morgan fingerprint density at radius 1 is 1.43 bits per heavy atom. The van der Waals surface area contributed by atoms with E-state index in [0.29, 0.717) is 11.3 Å². The maximum atomic E-state index is 12.5. The van der Waals surface area contributed by atoms with Crippen molar-refractivity contribution in [3.63, 3.8) is 0 Å². The number of likely N-dealkylation sites (N-methyl/N-ethyl adjacent to an activating group) is 1. The fourth-order valence-electron chi connectivity index (χ4n) is 2.12. The second-order valence-electron chi connectivity index (χ2n) is 4.82. The first-order valence-corrected chi connectivity index (χ1v) is 6.64. The van der Waals surface area contributed by atoms with Crippen LogP contribution in [0.25, 0.3) is 11.3 Å². The first-order chi connectivity index (χ1) is 10.1. The summed E-state index contributed by atoms with van der Waals surface area (Å²) in [5.74, 6) is -0.197. The van der Waals surface area contributed by atoms with Gasteiger partial charge in [-0.3, -0.25) is 9.89 Å². The molecule has 1 amide bonds. The zero-order valence-electron chi connectivity index (χ0n) is 12.1. The highest BCUT2D eigenvalue weighted by molar-refractivity contribution is 5.99. The molecule has 6 heteroatoms. The quantitative estimate of drug-likeness (QED) is 0.836. The second-order valence-corrected chi connectivity index (χ2v) is 4.82. The minimum Gasteiger partial charge on any atom is -0.389 e. The Labute approximate surface area is 123 Å². The third-order valence-corrected chi connectivity index (χ3v) is 3.12. The van der Waals surface area contributed by atoms with Crippen molar-refractivity contribution in [1.29, 1.82) is 0 Å². The second kappa shape index (κ2) is 7.01. The maximum Gasteiger partial charge on any atom is 0.257 e. The van der Waals surface area contributed by atoms with E-state index in [9.17, 15) is 9.90 Å². The van der Waals surface area contributed by atoms with Gasteiger partial charge in [-0.25, -0.2) is 0 Å². The van der Waals surface area contributed by atoms with E-state index in [1.54, 1.807) is 7.05 Å². The molecule has 1 atom stereocenters. The van der Waals surface area contributed by atoms with E-state index in [2.05, 4.69) is 10.2 Å². The Kier molecular flexibility index (Phi) is 5.08. The molecule has 112 valence electrons. The molecule has 2 aromatic rings. The molecule has 0 fully saturated rings. The van der Waals surface area contributed by atoms with Crippen LogP contribution in [0.3, 0.4) is 0 Å². The highest BCUT2D eigenvalue weighted by Gasteiger charge is 2.20. The maximum absolute atomic E-state index is 12.5. The first kappa shape index (κ1) is 15.2. The number of amides is 1. The lowest BCUT2D eigenvalue weighted by molar-refractivity contribution is 0.0380. The van der Waals surface area contributed by atoms with Gasteiger partial charge in [-0.05, 0) is 0 Å². The van der Waals surface area contributed by atoms with Gasteiger partial charge in [-0.1, -0.05) is 30.3 Å². The highest BCUT2D eigenvalue weighted by atomic mass is 16.5. The van der Waals surface area contributed by atoms with Crippen LogP contribution in [-0.2, 0) is 4.74 Å². The molecule has 6 nitrogen and oxygen atoms in total. The number of carbonyl (C=O) groups is 1. The van der Waals surface area contributed by atoms with Crippen molar-refractivity contribution in [2.75, 3.05) is 27.3 Å². The van der Waals surface area contributed by atoms with Crippen LogP contribution in [0.15, 0.2) is 36.5 Å². The molecule has 0 saturated carbocycles. The molecule has 0 aliphatic rings. The summed E-state index contributed by atoms with van der Waals surface area (Å²) in [6.45, 7) is 0.390. The molecule has 1 aromatic heterocycles. The molecular weight excluding hydrogens is 270 g/mol. The number of carbonyl (C=O) groups excluding carboxylic acids is 1. The van der Waals surface area contributed by atoms with E-state index < -0.39 is 6.10 Å². The standard InChI is InChI=1S/C15H19N3O3/c1-18(9-12(19)10-21-2)15(20)13-8-16-17-14(13)11-6-4-3-5-7-11/h3-8,12,19H,9-10H2,1-2H3,(H,16,17). The average Bonchev–Trinajstić information content (AvgIpc) is 2.96. The van der Waals surface area contributed by atoms with Gasteiger partial charge in [0.2, 0.25) is 0 Å². The third kappa shape index (κ3) is 3.68. The zero-order chi connectivity index (χ0) is 15.2. The molecule has 1 heterocycles. The zero-order valence-corrected chi connectivity index (χ0v) is 12.1. The number of H-pyrrole nitrogens is 1. The van der Waals surface area contributed by atoms with Crippen LogP contribution in [0, 0.1) is 0 Å². The average molecular weight is 289 g/mol. The van der Waals surface area contributed by atoms with Crippen molar-refractivity contribution < 1.29 is 14.6 Å². The number of aliphatic hydroxyl groups excluding tert-OH is 1. The van der Waals surface area contributed by atoms with Crippen molar-refractivity contribution in [2.24, 2.45) is 0 Å². The molecule has 0 spiro atoms. The molecule has 0 saturated heterocycles. The Morgan fingerprint density at radius 2 is 2.14 bits per heavy atom. The number of rotatable bonds is 6. The summed E-state index contributed by atoms with van der Waals surface area (Å²) in [6.07, 6.45) is 0.792. The Bertz CT molecular complexity index is 583. The number of nitrogens with one attached hydrogen (secondary N) is 1. The predicted octanol–water partition coefficient (Wildman–Crippen LogP) is 1.16. The van der Waals surface area contributed by atoms with E-state index in [1.807, 2.05) is 30.3 Å². The molecule has 1 unspecified atom stereocenters. The first-order valence-electron chi connectivity index (χ1n) is 6.64. The minimum atomic E-state index is -0.712. The summed E-state index contributed by atoms with van der Waals surface area (Å²) in [4.78, 5) is 13.9. The Balaban J connectivity index is 2.15. The van der Waals surface area contributed by atoms with Gasteiger partial charge in [0.1, 0.15) is 0 Å². The van der Waals surface area contributed by atoms with Crippen molar-refractivity contribution in [3.05, 3.63) is 42.1 Å².